The van der Waals surface area contributed by atoms with E-state index in [0.29, 0.717) is 29.9 Å². The van der Waals surface area contributed by atoms with E-state index >= 15 is 0 Å². The number of hydrogen-bond acceptors (Lipinski definition) is 6. The minimum Gasteiger partial charge on any atom is -0.490 e. The van der Waals surface area contributed by atoms with E-state index in [1.165, 1.54) is 12.7 Å². The van der Waals surface area contributed by atoms with Crippen molar-refractivity contribution < 1.29 is 9.53 Å². The fourth-order valence-corrected chi connectivity index (χ4v) is 3.03. The average molecular weight is 338 g/mol. The number of nitrogens with zero attached hydrogens (tertiary/aromatic N) is 5. The summed E-state index contributed by atoms with van der Waals surface area (Å²) in [6.07, 6.45) is 8.08. The predicted molar refractivity (Wildman–Crippen MR) is 90.2 cm³/mol. The summed E-state index contributed by atoms with van der Waals surface area (Å²) in [6.45, 7) is 3.24. The van der Waals surface area contributed by atoms with Crippen molar-refractivity contribution in [3.63, 3.8) is 0 Å². The zero-order valence-electron chi connectivity index (χ0n) is 13.8. The van der Waals surface area contributed by atoms with Gasteiger partial charge in [-0.25, -0.2) is 15.0 Å². The van der Waals surface area contributed by atoms with Gasteiger partial charge in [0.05, 0.1) is 6.33 Å². The molecule has 0 unspecified atom stereocenters. The number of hydrogen-bond donors (Lipinski definition) is 1. The number of aryl methyl sites for hydroxylation is 1. The predicted octanol–water partition coefficient (Wildman–Crippen LogP) is 1.74. The van der Waals surface area contributed by atoms with Gasteiger partial charge in [0.1, 0.15) is 23.7 Å². The minimum atomic E-state index is -0.102. The van der Waals surface area contributed by atoms with Gasteiger partial charge in [0.15, 0.2) is 11.3 Å². The van der Waals surface area contributed by atoms with Crippen molar-refractivity contribution in [3.05, 3.63) is 42.4 Å². The second-order valence-electron chi connectivity index (χ2n) is 6.07. The van der Waals surface area contributed by atoms with E-state index in [9.17, 15) is 4.79 Å². The standard InChI is InChI=1S/C17H18N6O2/c1-11-8-18-5-2-13(11)25-12-3-6-23(7-4-12)17(24)15-14-16(21-9-19-14)22-10-20-15/h2,5,8-10,12H,3-4,6-7H2,1H3,(H,19,20,21,22). The molecule has 0 aliphatic carbocycles. The Morgan fingerprint density at radius 1 is 1.28 bits per heavy atom. The van der Waals surface area contributed by atoms with Crippen molar-refractivity contribution in [2.24, 2.45) is 0 Å². The molecule has 1 saturated heterocycles. The van der Waals surface area contributed by atoms with Crippen molar-refractivity contribution in [2.75, 3.05) is 13.1 Å². The molecule has 3 aromatic heterocycles. The summed E-state index contributed by atoms with van der Waals surface area (Å²) in [5.74, 6) is 0.755. The number of H-pyrrole nitrogens is 1. The summed E-state index contributed by atoms with van der Waals surface area (Å²) in [6, 6.07) is 1.88. The van der Waals surface area contributed by atoms with Crippen LogP contribution in [-0.2, 0) is 0 Å². The summed E-state index contributed by atoms with van der Waals surface area (Å²) in [7, 11) is 0. The molecule has 1 aliphatic heterocycles. The molecule has 25 heavy (non-hydrogen) atoms. The fraction of sp³-hybridized carbons (Fsp3) is 0.353. The SMILES string of the molecule is Cc1cnccc1OC1CCN(C(=O)c2ncnc3nc[nH]c23)CC1. The van der Waals surface area contributed by atoms with Crippen LogP contribution in [0.2, 0.25) is 0 Å². The number of pyridine rings is 1. The summed E-state index contributed by atoms with van der Waals surface area (Å²) in [5, 5.41) is 0. The first-order chi connectivity index (χ1) is 12.2. The highest BCUT2D eigenvalue weighted by molar-refractivity contribution is 6.01. The number of carbonyl (C=O) groups excluding carboxylic acids is 1. The molecular formula is C17H18N6O2. The normalized spacial score (nSPS) is 15.5. The maximum Gasteiger partial charge on any atom is 0.274 e. The second-order valence-corrected chi connectivity index (χ2v) is 6.07. The molecule has 1 aliphatic rings. The number of carbonyl (C=O) groups is 1. The van der Waals surface area contributed by atoms with Crippen molar-refractivity contribution in [2.45, 2.75) is 25.9 Å². The van der Waals surface area contributed by atoms with E-state index < -0.39 is 0 Å². The van der Waals surface area contributed by atoms with E-state index in [4.69, 9.17) is 4.74 Å². The molecular weight excluding hydrogens is 320 g/mol. The number of amides is 1. The zero-order valence-corrected chi connectivity index (χ0v) is 13.8. The Hall–Kier alpha value is -3.03. The van der Waals surface area contributed by atoms with Crippen LogP contribution >= 0.6 is 0 Å². The van der Waals surface area contributed by atoms with Crippen LogP contribution in [0.4, 0.5) is 0 Å². The van der Waals surface area contributed by atoms with Crippen LogP contribution in [0.1, 0.15) is 28.9 Å². The van der Waals surface area contributed by atoms with Gasteiger partial charge >= 0.3 is 0 Å². The molecule has 8 heteroatoms. The summed E-state index contributed by atoms with van der Waals surface area (Å²) < 4.78 is 6.06. The quantitative estimate of drug-likeness (QED) is 0.781. The van der Waals surface area contributed by atoms with Crippen LogP contribution in [0.15, 0.2) is 31.1 Å². The van der Waals surface area contributed by atoms with Gasteiger partial charge in [-0.3, -0.25) is 9.78 Å². The molecule has 128 valence electrons. The number of fused-ring (bicyclic) bond motifs is 1. The van der Waals surface area contributed by atoms with E-state index in [-0.39, 0.29) is 12.0 Å². The van der Waals surface area contributed by atoms with Gasteiger partial charge in [0, 0.05) is 43.9 Å². The molecule has 0 spiro atoms. The van der Waals surface area contributed by atoms with E-state index in [1.54, 1.807) is 12.4 Å². The van der Waals surface area contributed by atoms with Gasteiger partial charge in [-0.15, -0.1) is 0 Å². The summed E-state index contributed by atoms with van der Waals surface area (Å²) >= 11 is 0. The van der Waals surface area contributed by atoms with Gasteiger partial charge < -0.3 is 14.6 Å². The van der Waals surface area contributed by atoms with Crippen LogP contribution in [0, 0.1) is 6.92 Å². The van der Waals surface area contributed by atoms with Crippen LogP contribution in [-0.4, -0.2) is 54.9 Å². The molecule has 0 saturated carbocycles. The molecule has 0 bridgehead atoms. The van der Waals surface area contributed by atoms with Gasteiger partial charge in [-0.05, 0) is 13.0 Å². The molecule has 1 amide bonds. The highest BCUT2D eigenvalue weighted by Crippen LogP contribution is 2.22. The van der Waals surface area contributed by atoms with E-state index in [2.05, 4.69) is 24.9 Å². The Balaban J connectivity index is 1.42. The number of piperidine rings is 1. The number of rotatable bonds is 3. The van der Waals surface area contributed by atoms with Crippen molar-refractivity contribution >= 4 is 17.1 Å². The van der Waals surface area contributed by atoms with Gasteiger partial charge in [0.25, 0.3) is 5.91 Å². The highest BCUT2D eigenvalue weighted by atomic mass is 16.5. The van der Waals surface area contributed by atoms with Gasteiger partial charge in [-0.2, -0.15) is 0 Å². The first kappa shape index (κ1) is 15.5. The number of likely N-dealkylation sites (tertiary alicyclic amines) is 1. The number of imidazole rings is 1. The molecule has 0 aromatic carbocycles. The lowest BCUT2D eigenvalue weighted by Crippen LogP contribution is -2.42. The molecule has 1 N–H and O–H groups in total. The van der Waals surface area contributed by atoms with E-state index in [0.717, 1.165) is 24.2 Å². The second kappa shape index (κ2) is 6.46. The third-order valence-electron chi connectivity index (χ3n) is 4.42. The Bertz CT molecular complexity index is 901. The Kier molecular flexibility index (Phi) is 4.01. The first-order valence-corrected chi connectivity index (χ1v) is 8.23. The Labute approximate surface area is 144 Å². The maximum absolute atomic E-state index is 12.8. The number of ether oxygens (including phenoxy) is 1. The lowest BCUT2D eigenvalue weighted by atomic mass is 10.1. The van der Waals surface area contributed by atoms with Gasteiger partial charge in [-0.1, -0.05) is 0 Å². The molecule has 4 heterocycles. The third-order valence-corrected chi connectivity index (χ3v) is 4.42. The molecule has 0 atom stereocenters. The number of nitrogens with one attached hydrogen (secondary N) is 1. The van der Waals surface area contributed by atoms with Crippen molar-refractivity contribution in [1.29, 1.82) is 0 Å². The molecule has 8 nitrogen and oxygen atoms in total. The third kappa shape index (κ3) is 3.02. The molecule has 0 radical (unpaired) electrons. The Morgan fingerprint density at radius 3 is 2.92 bits per heavy atom. The monoisotopic (exact) mass is 338 g/mol. The van der Waals surface area contributed by atoms with Crippen molar-refractivity contribution in [3.8, 4) is 5.75 Å². The first-order valence-electron chi connectivity index (χ1n) is 8.23. The maximum atomic E-state index is 12.8. The zero-order chi connectivity index (χ0) is 17.2. The largest absolute Gasteiger partial charge is 0.490 e. The lowest BCUT2D eigenvalue weighted by Gasteiger charge is -2.32. The van der Waals surface area contributed by atoms with E-state index in [1.807, 2.05) is 17.9 Å². The van der Waals surface area contributed by atoms with Crippen molar-refractivity contribution in [1.82, 2.24) is 29.8 Å². The lowest BCUT2D eigenvalue weighted by molar-refractivity contribution is 0.0590. The minimum absolute atomic E-state index is 0.0997. The molecule has 4 rings (SSSR count). The van der Waals surface area contributed by atoms with Crippen LogP contribution in [0.5, 0.6) is 5.75 Å². The molecule has 3 aromatic rings. The topological polar surface area (TPSA) is 96.9 Å². The fourth-order valence-electron chi connectivity index (χ4n) is 3.03. The van der Waals surface area contributed by atoms with Crippen LogP contribution < -0.4 is 4.74 Å². The summed E-state index contributed by atoms with van der Waals surface area (Å²) in [4.78, 5) is 33.9. The average Bonchev–Trinajstić information content (AvgIpc) is 3.12. The van der Waals surface area contributed by atoms with Gasteiger partial charge in [0.2, 0.25) is 0 Å². The highest BCUT2D eigenvalue weighted by Gasteiger charge is 2.27. The summed E-state index contributed by atoms with van der Waals surface area (Å²) in [5.41, 5.74) is 2.47. The van der Waals surface area contributed by atoms with Crippen LogP contribution in [0.25, 0.3) is 11.2 Å². The Morgan fingerprint density at radius 2 is 2.12 bits per heavy atom. The van der Waals surface area contributed by atoms with Crippen LogP contribution in [0.3, 0.4) is 0 Å². The number of aromatic nitrogens is 5. The smallest absolute Gasteiger partial charge is 0.274 e. The number of aromatic amines is 1. The molecule has 1 fully saturated rings.